The summed E-state index contributed by atoms with van der Waals surface area (Å²) in [6.45, 7) is 8.19. The van der Waals surface area contributed by atoms with Crippen molar-refractivity contribution in [2.24, 2.45) is 0 Å². The smallest absolute Gasteiger partial charge is 0.0953 e. The summed E-state index contributed by atoms with van der Waals surface area (Å²) in [5, 5.41) is 3.38. The van der Waals surface area contributed by atoms with Crippen molar-refractivity contribution in [2.45, 2.75) is 46.3 Å². The van der Waals surface area contributed by atoms with Crippen LogP contribution in [0.25, 0.3) is 0 Å². The molecule has 102 valence electrons. The average molecular weight is 257 g/mol. The van der Waals surface area contributed by atoms with Crippen molar-refractivity contribution in [3.05, 3.63) is 53.6 Å². The van der Waals surface area contributed by atoms with Crippen LogP contribution in [0.5, 0.6) is 0 Å². The van der Waals surface area contributed by atoms with Gasteiger partial charge in [-0.25, -0.2) is 4.98 Å². The number of aromatic nitrogens is 2. The molecule has 0 aliphatic rings. The van der Waals surface area contributed by atoms with Crippen LogP contribution in [0.3, 0.4) is 0 Å². The van der Waals surface area contributed by atoms with Crippen molar-refractivity contribution in [3.63, 3.8) is 0 Å². The molecule has 3 heteroatoms. The Balaban J connectivity index is 1.95. The van der Waals surface area contributed by atoms with Gasteiger partial charge in [-0.3, -0.25) is 0 Å². The summed E-state index contributed by atoms with van der Waals surface area (Å²) in [7, 11) is 0. The Morgan fingerprint density at radius 2 is 1.84 bits per heavy atom. The first-order valence-electron chi connectivity index (χ1n) is 6.99. The molecule has 0 saturated carbocycles. The van der Waals surface area contributed by atoms with Gasteiger partial charge in [0.2, 0.25) is 0 Å². The lowest BCUT2D eigenvalue weighted by Crippen LogP contribution is -2.21. The standard InChI is InChI=1S/C16H23N3/c1-4-14-5-7-15(8-6-14)10-19-11-16(18-12-19)9-17-13(2)3/h5-8,11-13,17H,4,9-10H2,1-3H3. The molecule has 0 radical (unpaired) electrons. The normalized spacial score (nSPS) is 11.2. The molecule has 0 fully saturated rings. The lowest BCUT2D eigenvalue weighted by atomic mass is 10.1. The van der Waals surface area contributed by atoms with E-state index in [4.69, 9.17) is 0 Å². The third-order valence-corrected chi connectivity index (χ3v) is 3.17. The first-order chi connectivity index (χ1) is 9.17. The summed E-state index contributed by atoms with van der Waals surface area (Å²) in [6.07, 6.45) is 5.12. The molecule has 2 rings (SSSR count). The molecule has 1 aromatic carbocycles. The zero-order chi connectivity index (χ0) is 13.7. The van der Waals surface area contributed by atoms with Gasteiger partial charge < -0.3 is 9.88 Å². The van der Waals surface area contributed by atoms with Crippen molar-refractivity contribution < 1.29 is 0 Å². The fourth-order valence-electron chi connectivity index (χ4n) is 1.98. The summed E-state index contributed by atoms with van der Waals surface area (Å²) in [5.74, 6) is 0. The summed E-state index contributed by atoms with van der Waals surface area (Å²) in [5.41, 5.74) is 3.80. The van der Waals surface area contributed by atoms with Crippen molar-refractivity contribution in [1.29, 1.82) is 0 Å². The third kappa shape index (κ3) is 4.21. The van der Waals surface area contributed by atoms with Gasteiger partial charge in [-0.05, 0) is 17.5 Å². The van der Waals surface area contributed by atoms with E-state index in [2.05, 4.69) is 66.1 Å². The zero-order valence-electron chi connectivity index (χ0n) is 12.1. The lowest BCUT2D eigenvalue weighted by molar-refractivity contribution is 0.582. The average Bonchev–Trinajstić information content (AvgIpc) is 2.85. The Kier molecular flexibility index (Phi) is 4.74. The van der Waals surface area contributed by atoms with Gasteiger partial charge in [-0.1, -0.05) is 45.0 Å². The van der Waals surface area contributed by atoms with E-state index in [1.165, 1.54) is 11.1 Å². The minimum atomic E-state index is 0.492. The van der Waals surface area contributed by atoms with Crippen LogP contribution in [0.15, 0.2) is 36.8 Å². The first kappa shape index (κ1) is 13.8. The van der Waals surface area contributed by atoms with E-state index in [0.29, 0.717) is 6.04 Å². The second kappa shape index (κ2) is 6.53. The predicted molar refractivity (Wildman–Crippen MR) is 79.1 cm³/mol. The highest BCUT2D eigenvalue weighted by molar-refractivity contribution is 5.22. The van der Waals surface area contributed by atoms with E-state index in [1.54, 1.807) is 0 Å². The molecule has 1 N–H and O–H groups in total. The Bertz CT molecular complexity index is 497. The minimum Gasteiger partial charge on any atom is -0.333 e. The highest BCUT2D eigenvalue weighted by atomic mass is 15.0. The number of hydrogen-bond acceptors (Lipinski definition) is 2. The van der Waals surface area contributed by atoms with Crippen molar-refractivity contribution >= 4 is 0 Å². The quantitative estimate of drug-likeness (QED) is 0.862. The van der Waals surface area contributed by atoms with Crippen LogP contribution in [-0.4, -0.2) is 15.6 Å². The minimum absolute atomic E-state index is 0.492. The van der Waals surface area contributed by atoms with E-state index < -0.39 is 0 Å². The van der Waals surface area contributed by atoms with Crippen LogP contribution in [0.1, 0.15) is 37.6 Å². The molecule has 19 heavy (non-hydrogen) atoms. The Hall–Kier alpha value is -1.61. The lowest BCUT2D eigenvalue weighted by Gasteiger charge is -2.05. The van der Waals surface area contributed by atoms with E-state index in [0.717, 1.165) is 25.2 Å². The van der Waals surface area contributed by atoms with Gasteiger partial charge in [0, 0.05) is 25.3 Å². The van der Waals surface area contributed by atoms with Gasteiger partial charge in [0.25, 0.3) is 0 Å². The van der Waals surface area contributed by atoms with Crippen molar-refractivity contribution in [1.82, 2.24) is 14.9 Å². The van der Waals surface area contributed by atoms with Crippen LogP contribution in [0.4, 0.5) is 0 Å². The van der Waals surface area contributed by atoms with Crippen molar-refractivity contribution in [2.75, 3.05) is 0 Å². The molecule has 0 bridgehead atoms. The zero-order valence-corrected chi connectivity index (χ0v) is 12.1. The molecule has 1 heterocycles. The fraction of sp³-hybridized carbons (Fsp3) is 0.438. The predicted octanol–water partition coefficient (Wildman–Crippen LogP) is 2.99. The maximum absolute atomic E-state index is 4.42. The largest absolute Gasteiger partial charge is 0.333 e. The van der Waals surface area contributed by atoms with E-state index in [1.807, 2.05) is 6.33 Å². The molecule has 0 spiro atoms. The van der Waals surface area contributed by atoms with Gasteiger partial charge >= 0.3 is 0 Å². The number of aryl methyl sites for hydroxylation is 1. The second-order valence-corrected chi connectivity index (χ2v) is 5.24. The van der Waals surface area contributed by atoms with Crippen LogP contribution in [-0.2, 0) is 19.5 Å². The Labute approximate surface area is 115 Å². The highest BCUT2D eigenvalue weighted by Crippen LogP contribution is 2.07. The first-order valence-corrected chi connectivity index (χ1v) is 6.99. The molecule has 0 saturated heterocycles. The molecule has 0 amide bonds. The SMILES string of the molecule is CCc1ccc(Cn2cnc(CNC(C)C)c2)cc1. The maximum atomic E-state index is 4.42. The topological polar surface area (TPSA) is 29.9 Å². The van der Waals surface area contributed by atoms with Gasteiger partial charge in [0.15, 0.2) is 0 Å². The molecule has 3 nitrogen and oxygen atoms in total. The molecule has 2 aromatic rings. The summed E-state index contributed by atoms with van der Waals surface area (Å²) >= 11 is 0. The van der Waals surface area contributed by atoms with Crippen LogP contribution in [0.2, 0.25) is 0 Å². The number of nitrogens with zero attached hydrogens (tertiary/aromatic N) is 2. The number of nitrogens with one attached hydrogen (secondary N) is 1. The van der Waals surface area contributed by atoms with Crippen LogP contribution >= 0.6 is 0 Å². The fourth-order valence-corrected chi connectivity index (χ4v) is 1.98. The van der Waals surface area contributed by atoms with E-state index >= 15 is 0 Å². The molecular formula is C16H23N3. The molecule has 0 atom stereocenters. The molecule has 0 aliphatic heterocycles. The number of hydrogen-bond donors (Lipinski definition) is 1. The Morgan fingerprint density at radius 1 is 1.16 bits per heavy atom. The monoisotopic (exact) mass is 257 g/mol. The molecule has 0 aliphatic carbocycles. The highest BCUT2D eigenvalue weighted by Gasteiger charge is 2.01. The van der Waals surface area contributed by atoms with Crippen LogP contribution < -0.4 is 5.32 Å². The molecular weight excluding hydrogens is 234 g/mol. The van der Waals surface area contributed by atoms with E-state index in [-0.39, 0.29) is 0 Å². The number of rotatable bonds is 6. The second-order valence-electron chi connectivity index (χ2n) is 5.24. The van der Waals surface area contributed by atoms with E-state index in [9.17, 15) is 0 Å². The van der Waals surface area contributed by atoms with Crippen molar-refractivity contribution in [3.8, 4) is 0 Å². The van der Waals surface area contributed by atoms with Gasteiger partial charge in [0.05, 0.1) is 12.0 Å². The third-order valence-electron chi connectivity index (χ3n) is 3.17. The van der Waals surface area contributed by atoms with Gasteiger partial charge in [-0.2, -0.15) is 0 Å². The van der Waals surface area contributed by atoms with Gasteiger partial charge in [0.1, 0.15) is 0 Å². The maximum Gasteiger partial charge on any atom is 0.0953 e. The summed E-state index contributed by atoms with van der Waals surface area (Å²) in [4.78, 5) is 4.42. The summed E-state index contributed by atoms with van der Waals surface area (Å²) < 4.78 is 2.14. The van der Waals surface area contributed by atoms with Crippen LogP contribution in [0, 0.1) is 0 Å². The number of imidazole rings is 1. The Morgan fingerprint density at radius 3 is 2.47 bits per heavy atom. The van der Waals surface area contributed by atoms with Gasteiger partial charge in [-0.15, -0.1) is 0 Å². The number of benzene rings is 1. The molecule has 1 aromatic heterocycles. The molecule has 0 unspecified atom stereocenters. The summed E-state index contributed by atoms with van der Waals surface area (Å²) in [6, 6.07) is 9.29.